The predicted octanol–water partition coefficient (Wildman–Crippen LogP) is 1.12. The Hall–Kier alpha value is -0.470. The number of rotatable bonds is 3. The maximum Gasteiger partial charge on any atom is 0.244 e. The fourth-order valence-electron chi connectivity index (χ4n) is 3.05. The molecule has 1 N–H and O–H groups in total. The summed E-state index contributed by atoms with van der Waals surface area (Å²) in [5.41, 5.74) is 0. The van der Waals surface area contributed by atoms with E-state index in [9.17, 15) is 8.42 Å². The summed E-state index contributed by atoms with van der Waals surface area (Å²) in [7, 11) is -3.40. The number of benzene rings is 1. The van der Waals surface area contributed by atoms with E-state index in [4.69, 9.17) is 0 Å². The molecule has 116 valence electrons. The molecule has 0 aromatic heterocycles. The van der Waals surface area contributed by atoms with Gasteiger partial charge in [0.05, 0.1) is 4.90 Å². The van der Waals surface area contributed by atoms with Gasteiger partial charge in [0.15, 0.2) is 0 Å². The maximum atomic E-state index is 12.7. The minimum Gasteiger partial charge on any atom is -0.315 e. The van der Waals surface area contributed by atoms with Gasteiger partial charge in [-0.15, -0.1) is 0 Å². The summed E-state index contributed by atoms with van der Waals surface area (Å²) in [6.45, 7) is 4.86. The average molecular weight is 374 g/mol. The van der Waals surface area contributed by atoms with Gasteiger partial charge in [-0.1, -0.05) is 12.1 Å². The third kappa shape index (κ3) is 3.17. The number of piperazine rings is 1. The summed E-state index contributed by atoms with van der Waals surface area (Å²) in [5.74, 6) is 0. The van der Waals surface area contributed by atoms with Gasteiger partial charge in [-0.05, 0) is 41.0 Å². The largest absolute Gasteiger partial charge is 0.315 e. The molecule has 2 heterocycles. The highest BCUT2D eigenvalue weighted by Crippen LogP contribution is 2.25. The Balaban J connectivity index is 1.70. The molecule has 2 aliphatic heterocycles. The van der Waals surface area contributed by atoms with Crippen LogP contribution in [0.15, 0.2) is 33.6 Å². The van der Waals surface area contributed by atoms with Crippen LogP contribution in [0.25, 0.3) is 0 Å². The van der Waals surface area contributed by atoms with Crippen LogP contribution < -0.4 is 5.32 Å². The van der Waals surface area contributed by atoms with E-state index < -0.39 is 10.0 Å². The Kier molecular flexibility index (Phi) is 4.66. The van der Waals surface area contributed by atoms with E-state index in [-0.39, 0.29) is 0 Å². The van der Waals surface area contributed by atoms with Gasteiger partial charge in [0, 0.05) is 43.2 Å². The van der Waals surface area contributed by atoms with E-state index in [0.29, 0.717) is 28.5 Å². The van der Waals surface area contributed by atoms with E-state index in [2.05, 4.69) is 26.1 Å². The Morgan fingerprint density at radius 1 is 1.14 bits per heavy atom. The molecule has 2 aliphatic rings. The first-order valence-electron chi connectivity index (χ1n) is 7.28. The Labute approximate surface area is 134 Å². The van der Waals surface area contributed by atoms with Crippen LogP contribution in [-0.2, 0) is 10.0 Å². The average Bonchev–Trinajstić information content (AvgIpc) is 3.02. The fraction of sp³-hybridized carbons (Fsp3) is 0.571. The molecule has 7 heteroatoms. The molecule has 1 atom stereocenters. The van der Waals surface area contributed by atoms with Crippen molar-refractivity contribution in [1.82, 2.24) is 14.5 Å². The molecule has 3 rings (SSSR count). The molecule has 0 radical (unpaired) electrons. The standard InChI is InChI=1S/C14H20BrN3O2S/c15-13-3-1-2-4-14(13)21(19,20)18-9-7-17(8-10-18)12-5-6-16-11-12/h1-4,12,16H,5-11H2. The smallest absolute Gasteiger partial charge is 0.244 e. The molecule has 0 aliphatic carbocycles. The van der Waals surface area contributed by atoms with E-state index in [1.165, 1.54) is 0 Å². The Bertz CT molecular complexity index is 594. The van der Waals surface area contributed by atoms with Crippen LogP contribution in [0.3, 0.4) is 0 Å². The number of hydrogen-bond donors (Lipinski definition) is 1. The lowest BCUT2D eigenvalue weighted by Crippen LogP contribution is -2.52. The van der Waals surface area contributed by atoms with Gasteiger partial charge in [0.1, 0.15) is 0 Å². The van der Waals surface area contributed by atoms with Crippen molar-refractivity contribution in [2.24, 2.45) is 0 Å². The molecule has 2 saturated heterocycles. The zero-order chi connectivity index (χ0) is 14.9. The van der Waals surface area contributed by atoms with Crippen LogP contribution in [0.1, 0.15) is 6.42 Å². The maximum absolute atomic E-state index is 12.7. The second-order valence-corrected chi connectivity index (χ2v) is 8.28. The molecular formula is C14H20BrN3O2S. The van der Waals surface area contributed by atoms with E-state index in [1.54, 1.807) is 22.5 Å². The van der Waals surface area contributed by atoms with Crippen molar-refractivity contribution < 1.29 is 8.42 Å². The lowest BCUT2D eigenvalue weighted by Gasteiger charge is -2.37. The van der Waals surface area contributed by atoms with Gasteiger partial charge >= 0.3 is 0 Å². The second kappa shape index (κ2) is 6.34. The molecule has 1 aromatic rings. The molecule has 2 fully saturated rings. The van der Waals surface area contributed by atoms with Crippen molar-refractivity contribution in [3.8, 4) is 0 Å². The zero-order valence-electron chi connectivity index (χ0n) is 11.8. The lowest BCUT2D eigenvalue weighted by molar-refractivity contribution is 0.145. The zero-order valence-corrected chi connectivity index (χ0v) is 14.2. The minimum absolute atomic E-state index is 0.362. The molecular weight excluding hydrogens is 354 g/mol. The summed E-state index contributed by atoms with van der Waals surface area (Å²) in [6.07, 6.45) is 1.16. The molecule has 1 aromatic carbocycles. The summed E-state index contributed by atoms with van der Waals surface area (Å²) in [4.78, 5) is 2.77. The molecule has 0 spiro atoms. The summed E-state index contributed by atoms with van der Waals surface area (Å²) < 4.78 is 27.6. The fourth-order valence-corrected chi connectivity index (χ4v) is 5.44. The number of nitrogens with one attached hydrogen (secondary N) is 1. The highest BCUT2D eigenvalue weighted by atomic mass is 79.9. The highest BCUT2D eigenvalue weighted by Gasteiger charge is 2.32. The normalized spacial score (nSPS) is 25.3. The van der Waals surface area contributed by atoms with Crippen molar-refractivity contribution in [3.63, 3.8) is 0 Å². The van der Waals surface area contributed by atoms with Crippen molar-refractivity contribution in [1.29, 1.82) is 0 Å². The predicted molar refractivity (Wildman–Crippen MR) is 85.7 cm³/mol. The Morgan fingerprint density at radius 2 is 1.86 bits per heavy atom. The van der Waals surface area contributed by atoms with Crippen LogP contribution >= 0.6 is 15.9 Å². The first kappa shape index (κ1) is 15.4. The molecule has 0 bridgehead atoms. The second-order valence-electron chi connectivity index (χ2n) is 5.52. The van der Waals surface area contributed by atoms with E-state index in [1.807, 2.05) is 6.07 Å². The van der Waals surface area contributed by atoms with Crippen LogP contribution in [0.5, 0.6) is 0 Å². The summed E-state index contributed by atoms with van der Waals surface area (Å²) in [6, 6.07) is 7.59. The third-order valence-corrected chi connectivity index (χ3v) is 7.19. The van der Waals surface area contributed by atoms with E-state index >= 15 is 0 Å². The minimum atomic E-state index is -3.40. The van der Waals surface area contributed by atoms with Gasteiger partial charge in [0.2, 0.25) is 10.0 Å². The van der Waals surface area contributed by atoms with E-state index in [0.717, 1.165) is 32.6 Å². The molecule has 0 amide bonds. The number of hydrogen-bond acceptors (Lipinski definition) is 4. The molecule has 0 saturated carbocycles. The Morgan fingerprint density at radius 3 is 2.48 bits per heavy atom. The lowest BCUT2D eigenvalue weighted by atomic mass is 10.2. The first-order valence-corrected chi connectivity index (χ1v) is 9.52. The molecule has 1 unspecified atom stereocenters. The topological polar surface area (TPSA) is 52.7 Å². The quantitative estimate of drug-likeness (QED) is 0.862. The molecule has 5 nitrogen and oxygen atoms in total. The van der Waals surface area contributed by atoms with Crippen molar-refractivity contribution >= 4 is 26.0 Å². The van der Waals surface area contributed by atoms with Crippen molar-refractivity contribution in [2.75, 3.05) is 39.3 Å². The van der Waals surface area contributed by atoms with Crippen LogP contribution in [0.4, 0.5) is 0 Å². The summed E-state index contributed by atoms with van der Waals surface area (Å²) in [5, 5.41) is 3.36. The van der Waals surface area contributed by atoms with Gasteiger partial charge in [-0.2, -0.15) is 4.31 Å². The van der Waals surface area contributed by atoms with Gasteiger partial charge in [-0.25, -0.2) is 8.42 Å². The van der Waals surface area contributed by atoms with Gasteiger partial charge < -0.3 is 5.32 Å². The van der Waals surface area contributed by atoms with Gasteiger partial charge in [-0.3, -0.25) is 4.90 Å². The van der Waals surface area contributed by atoms with Crippen LogP contribution in [-0.4, -0.2) is 62.9 Å². The van der Waals surface area contributed by atoms with Crippen molar-refractivity contribution in [2.45, 2.75) is 17.4 Å². The summed E-state index contributed by atoms with van der Waals surface area (Å²) >= 11 is 3.34. The third-order valence-electron chi connectivity index (χ3n) is 4.28. The highest BCUT2D eigenvalue weighted by molar-refractivity contribution is 9.10. The number of halogens is 1. The number of sulfonamides is 1. The van der Waals surface area contributed by atoms with Crippen LogP contribution in [0, 0.1) is 0 Å². The molecule has 21 heavy (non-hydrogen) atoms. The number of nitrogens with zero attached hydrogens (tertiary/aromatic N) is 2. The first-order chi connectivity index (χ1) is 10.1. The monoisotopic (exact) mass is 373 g/mol. The SMILES string of the molecule is O=S(=O)(c1ccccc1Br)N1CCN(C2CCNC2)CC1. The van der Waals surface area contributed by atoms with Gasteiger partial charge in [0.25, 0.3) is 0 Å². The van der Waals surface area contributed by atoms with Crippen molar-refractivity contribution in [3.05, 3.63) is 28.7 Å². The van der Waals surface area contributed by atoms with Crippen LogP contribution in [0.2, 0.25) is 0 Å².